The summed E-state index contributed by atoms with van der Waals surface area (Å²) >= 11 is 0. The zero-order valence-corrected chi connectivity index (χ0v) is 7.03. The molecule has 0 fully saturated rings. The van der Waals surface area contributed by atoms with Crippen molar-refractivity contribution >= 4 is 0 Å². The van der Waals surface area contributed by atoms with Crippen molar-refractivity contribution in [2.24, 2.45) is 0 Å². The molecule has 0 aromatic rings. The minimum absolute atomic E-state index is 0.324. The molecule has 0 aromatic carbocycles. The van der Waals surface area contributed by atoms with Gasteiger partial charge in [-0.05, 0) is 0 Å². The summed E-state index contributed by atoms with van der Waals surface area (Å²) in [5.74, 6) is 0. The van der Waals surface area contributed by atoms with Gasteiger partial charge in [0.15, 0.2) is 0 Å². The molecule has 0 spiro atoms. The van der Waals surface area contributed by atoms with Crippen molar-refractivity contribution < 1.29 is 19.6 Å². The molecule has 70 valence electrons. The van der Waals surface area contributed by atoms with Crippen LogP contribution in [0.1, 0.15) is 0 Å². The fourth-order valence-corrected chi connectivity index (χ4v) is 0.378. The van der Waals surface area contributed by atoms with Crippen LogP contribution in [-0.4, -0.2) is 26.4 Å². The van der Waals surface area contributed by atoms with Gasteiger partial charge in [0, 0.05) is 0 Å². The van der Waals surface area contributed by atoms with Crippen LogP contribution < -0.4 is 0 Å². The molecule has 0 atom stereocenters. The Bertz CT molecular complexity index is 99.6. The van der Waals surface area contributed by atoms with E-state index in [0.717, 1.165) is 0 Å². The average molecular weight is 174 g/mol. The first-order chi connectivity index (χ1) is 5.91. The maximum absolute atomic E-state index is 4.65. The second-order valence-corrected chi connectivity index (χ2v) is 1.79. The molecular formula is C8H14O4. The number of hydrogen-bond donors (Lipinski definition) is 0. The molecule has 0 unspecified atom stereocenters. The van der Waals surface area contributed by atoms with Gasteiger partial charge in [0.25, 0.3) is 0 Å². The lowest BCUT2D eigenvalue weighted by molar-refractivity contribution is -0.333. The number of rotatable bonds is 9. The summed E-state index contributed by atoms with van der Waals surface area (Å²) in [6.45, 7) is 8.28. The van der Waals surface area contributed by atoms with Crippen molar-refractivity contribution in [3.8, 4) is 0 Å². The van der Waals surface area contributed by atoms with Gasteiger partial charge in [0.05, 0.1) is 0 Å². The molecule has 0 aliphatic rings. The van der Waals surface area contributed by atoms with Gasteiger partial charge in [-0.1, -0.05) is 12.2 Å². The van der Waals surface area contributed by atoms with Crippen LogP contribution in [-0.2, 0) is 19.6 Å². The van der Waals surface area contributed by atoms with E-state index in [4.69, 9.17) is 0 Å². The van der Waals surface area contributed by atoms with Crippen LogP contribution in [0.15, 0.2) is 25.3 Å². The Balaban J connectivity index is 2.81. The lowest BCUT2D eigenvalue weighted by atomic mass is 10.7. The summed E-state index contributed by atoms with van der Waals surface area (Å²) in [6, 6.07) is 0. The molecule has 0 N–H and O–H groups in total. The van der Waals surface area contributed by atoms with Gasteiger partial charge in [-0.25, -0.2) is 19.6 Å². The van der Waals surface area contributed by atoms with Crippen LogP contribution in [0.2, 0.25) is 0 Å². The molecule has 4 nitrogen and oxygen atoms in total. The third-order valence-electron chi connectivity index (χ3n) is 0.788. The van der Waals surface area contributed by atoms with E-state index in [-0.39, 0.29) is 0 Å². The first kappa shape index (κ1) is 11.3. The molecule has 0 saturated heterocycles. The van der Waals surface area contributed by atoms with E-state index < -0.39 is 0 Å². The predicted octanol–water partition coefficient (Wildman–Crippen LogP) is 1.25. The molecule has 0 radical (unpaired) electrons. The molecule has 4 heteroatoms. The molecule has 0 rings (SSSR count). The highest BCUT2D eigenvalue weighted by Gasteiger charge is 1.88. The Morgan fingerprint density at radius 3 is 1.50 bits per heavy atom. The molecule has 0 aliphatic heterocycles. The Morgan fingerprint density at radius 2 is 1.17 bits per heavy atom. The lowest BCUT2D eigenvalue weighted by Gasteiger charge is -2.01. The SMILES string of the molecule is C=CCOOCCOOCC=C. The monoisotopic (exact) mass is 174 g/mol. The highest BCUT2D eigenvalue weighted by molar-refractivity contribution is 4.62. The zero-order valence-electron chi connectivity index (χ0n) is 7.03. The van der Waals surface area contributed by atoms with E-state index in [1.54, 1.807) is 12.2 Å². The molecule has 0 aliphatic carbocycles. The first-order valence-electron chi connectivity index (χ1n) is 3.62. The second kappa shape index (κ2) is 10.3. The standard InChI is InChI=1S/C8H14O4/c1-3-5-9-11-7-8-12-10-6-4-2/h3-4H,1-2,5-8H2. The fourth-order valence-electron chi connectivity index (χ4n) is 0.378. The van der Waals surface area contributed by atoms with E-state index >= 15 is 0 Å². The van der Waals surface area contributed by atoms with Crippen molar-refractivity contribution in [1.82, 2.24) is 0 Å². The van der Waals surface area contributed by atoms with Crippen molar-refractivity contribution in [1.29, 1.82) is 0 Å². The van der Waals surface area contributed by atoms with Gasteiger partial charge in [0.2, 0.25) is 0 Å². The maximum Gasteiger partial charge on any atom is 0.109 e. The fraction of sp³-hybridized carbons (Fsp3) is 0.500. The molecule has 0 saturated carbocycles. The normalized spacial score (nSPS) is 9.67. The average Bonchev–Trinajstić information content (AvgIpc) is 2.10. The lowest BCUT2D eigenvalue weighted by Crippen LogP contribution is -2.05. The van der Waals surface area contributed by atoms with Crippen LogP contribution in [0.4, 0.5) is 0 Å². The summed E-state index contributed by atoms with van der Waals surface area (Å²) in [7, 11) is 0. The molecule has 0 aromatic heterocycles. The summed E-state index contributed by atoms with van der Waals surface area (Å²) in [5, 5.41) is 0. The minimum Gasteiger partial charge on any atom is -0.234 e. The minimum atomic E-state index is 0.324. The Hall–Kier alpha value is -0.680. The predicted molar refractivity (Wildman–Crippen MR) is 44.2 cm³/mol. The third-order valence-corrected chi connectivity index (χ3v) is 0.788. The second-order valence-electron chi connectivity index (χ2n) is 1.79. The third kappa shape index (κ3) is 9.32. The summed E-state index contributed by atoms with van der Waals surface area (Å²) in [6.07, 6.45) is 3.18. The van der Waals surface area contributed by atoms with E-state index in [1.165, 1.54) is 0 Å². The van der Waals surface area contributed by atoms with Crippen LogP contribution in [0.25, 0.3) is 0 Å². The molecular weight excluding hydrogens is 160 g/mol. The van der Waals surface area contributed by atoms with E-state index in [0.29, 0.717) is 26.4 Å². The van der Waals surface area contributed by atoms with Gasteiger partial charge in [0.1, 0.15) is 26.4 Å². The van der Waals surface area contributed by atoms with Crippen molar-refractivity contribution in [3.05, 3.63) is 25.3 Å². The Kier molecular flexibility index (Phi) is 9.74. The molecule has 12 heavy (non-hydrogen) atoms. The van der Waals surface area contributed by atoms with E-state index in [9.17, 15) is 0 Å². The van der Waals surface area contributed by atoms with Crippen molar-refractivity contribution in [2.45, 2.75) is 0 Å². The first-order valence-corrected chi connectivity index (χ1v) is 3.62. The topological polar surface area (TPSA) is 36.9 Å². The van der Waals surface area contributed by atoms with Gasteiger partial charge in [-0.2, -0.15) is 0 Å². The highest BCUT2D eigenvalue weighted by Crippen LogP contribution is 1.82. The molecule has 0 heterocycles. The van der Waals surface area contributed by atoms with Crippen molar-refractivity contribution in [3.63, 3.8) is 0 Å². The van der Waals surface area contributed by atoms with Gasteiger partial charge >= 0.3 is 0 Å². The Morgan fingerprint density at radius 1 is 0.750 bits per heavy atom. The van der Waals surface area contributed by atoms with Crippen molar-refractivity contribution in [2.75, 3.05) is 26.4 Å². The van der Waals surface area contributed by atoms with Gasteiger partial charge < -0.3 is 0 Å². The number of hydrogen-bond acceptors (Lipinski definition) is 4. The van der Waals surface area contributed by atoms with Crippen LogP contribution in [0.3, 0.4) is 0 Å². The summed E-state index contributed by atoms with van der Waals surface area (Å²) in [5.41, 5.74) is 0. The van der Waals surface area contributed by atoms with E-state index in [1.807, 2.05) is 0 Å². The molecule has 0 amide bonds. The smallest absolute Gasteiger partial charge is 0.109 e. The Labute approximate surface area is 72.2 Å². The van der Waals surface area contributed by atoms with Crippen LogP contribution in [0.5, 0.6) is 0 Å². The largest absolute Gasteiger partial charge is 0.234 e. The van der Waals surface area contributed by atoms with E-state index in [2.05, 4.69) is 32.7 Å². The van der Waals surface area contributed by atoms with Crippen LogP contribution in [0, 0.1) is 0 Å². The zero-order chi connectivity index (χ0) is 9.07. The van der Waals surface area contributed by atoms with Gasteiger partial charge in [-0.15, -0.1) is 13.2 Å². The van der Waals surface area contributed by atoms with Gasteiger partial charge in [-0.3, -0.25) is 0 Å². The summed E-state index contributed by atoms with van der Waals surface area (Å²) in [4.78, 5) is 18.5. The quantitative estimate of drug-likeness (QED) is 0.228. The summed E-state index contributed by atoms with van der Waals surface area (Å²) < 4.78 is 0. The van der Waals surface area contributed by atoms with Crippen LogP contribution >= 0.6 is 0 Å². The maximum atomic E-state index is 4.65. The molecule has 0 bridgehead atoms. The highest BCUT2D eigenvalue weighted by atomic mass is 17.2.